The third-order valence-corrected chi connectivity index (χ3v) is 6.92. The van der Waals surface area contributed by atoms with Crippen LogP contribution in [0.1, 0.15) is 36.2 Å². The maximum absolute atomic E-state index is 13.4. The number of pyridine rings is 1. The first kappa shape index (κ1) is 21.8. The largest absolute Gasteiger partial charge is 0.344 e. The molecule has 10 heteroatoms. The van der Waals surface area contributed by atoms with Crippen molar-refractivity contribution in [1.82, 2.24) is 30.5 Å². The predicted octanol–water partition coefficient (Wildman–Crippen LogP) is 3.68. The van der Waals surface area contributed by atoms with E-state index >= 15 is 0 Å². The molecule has 0 aliphatic carbocycles. The van der Waals surface area contributed by atoms with E-state index < -0.39 is 23.4 Å². The SMILES string of the molecule is CCn1ncc2c(C(=O)NN3C(=O)NC(CC)(c4ccccc4)C3=O)cc(-c3cccs3)nc21. The molecular formula is C24H22N6O3S. The molecular weight excluding hydrogens is 452 g/mol. The molecule has 5 rings (SSSR count). The monoisotopic (exact) mass is 474 g/mol. The first-order chi connectivity index (χ1) is 16.5. The summed E-state index contributed by atoms with van der Waals surface area (Å²) in [5.41, 5.74) is 3.39. The average molecular weight is 475 g/mol. The van der Waals surface area contributed by atoms with Gasteiger partial charge in [-0.1, -0.05) is 43.3 Å². The van der Waals surface area contributed by atoms with Crippen LogP contribution in [0, 0.1) is 0 Å². The number of carbonyl (C=O) groups is 3. The zero-order chi connectivity index (χ0) is 23.9. The van der Waals surface area contributed by atoms with Gasteiger partial charge in [0.2, 0.25) is 0 Å². The van der Waals surface area contributed by atoms with Crippen molar-refractivity contribution >= 4 is 40.2 Å². The summed E-state index contributed by atoms with van der Waals surface area (Å²) in [5.74, 6) is -1.13. The number of urea groups is 1. The maximum atomic E-state index is 13.4. The van der Waals surface area contributed by atoms with Crippen LogP contribution in [0.3, 0.4) is 0 Å². The molecule has 9 nitrogen and oxygen atoms in total. The first-order valence-electron chi connectivity index (χ1n) is 10.9. The second-order valence-electron chi connectivity index (χ2n) is 7.87. The van der Waals surface area contributed by atoms with Gasteiger partial charge in [-0.2, -0.15) is 10.1 Å². The van der Waals surface area contributed by atoms with Crippen LogP contribution in [0.4, 0.5) is 4.79 Å². The quantitative estimate of drug-likeness (QED) is 0.414. The number of benzene rings is 1. The van der Waals surface area contributed by atoms with Crippen molar-refractivity contribution in [1.29, 1.82) is 0 Å². The highest BCUT2D eigenvalue weighted by Crippen LogP contribution is 2.32. The number of aromatic nitrogens is 3. The normalized spacial score (nSPS) is 17.9. The lowest BCUT2D eigenvalue weighted by Gasteiger charge is -2.25. The van der Waals surface area contributed by atoms with Gasteiger partial charge in [0, 0.05) is 6.54 Å². The molecule has 0 radical (unpaired) electrons. The van der Waals surface area contributed by atoms with E-state index in [0.29, 0.717) is 35.3 Å². The number of nitrogens with one attached hydrogen (secondary N) is 2. The van der Waals surface area contributed by atoms with E-state index in [1.165, 1.54) is 11.3 Å². The Morgan fingerprint density at radius 2 is 1.94 bits per heavy atom. The van der Waals surface area contributed by atoms with Gasteiger partial charge < -0.3 is 5.32 Å². The molecule has 2 N–H and O–H groups in total. The van der Waals surface area contributed by atoms with E-state index in [9.17, 15) is 14.4 Å². The molecule has 0 spiro atoms. The van der Waals surface area contributed by atoms with Crippen molar-refractivity contribution < 1.29 is 14.4 Å². The van der Waals surface area contributed by atoms with E-state index in [2.05, 4.69) is 15.8 Å². The van der Waals surface area contributed by atoms with E-state index in [4.69, 9.17) is 4.98 Å². The zero-order valence-corrected chi connectivity index (χ0v) is 19.4. The van der Waals surface area contributed by atoms with Crippen LogP contribution in [-0.4, -0.2) is 37.6 Å². The number of aryl methyl sites for hydroxylation is 1. The van der Waals surface area contributed by atoms with Crippen LogP contribution in [-0.2, 0) is 16.9 Å². The fourth-order valence-corrected chi connectivity index (χ4v) is 4.90. The highest BCUT2D eigenvalue weighted by Gasteiger charge is 2.52. The lowest BCUT2D eigenvalue weighted by atomic mass is 9.87. The second kappa shape index (κ2) is 8.38. The third kappa shape index (κ3) is 3.34. The third-order valence-electron chi connectivity index (χ3n) is 6.03. The Labute approximate surface area is 199 Å². The van der Waals surface area contributed by atoms with Gasteiger partial charge in [0.1, 0.15) is 5.54 Å². The number of hydrogen-bond donors (Lipinski definition) is 2. The van der Waals surface area contributed by atoms with Crippen LogP contribution < -0.4 is 10.7 Å². The molecule has 172 valence electrons. The predicted molar refractivity (Wildman–Crippen MR) is 128 cm³/mol. The summed E-state index contributed by atoms with van der Waals surface area (Å²) in [5, 5.41) is 10.3. The molecule has 4 heterocycles. The Balaban J connectivity index is 1.52. The fourth-order valence-electron chi connectivity index (χ4n) is 4.22. The Morgan fingerprint density at radius 3 is 2.62 bits per heavy atom. The number of nitrogens with zero attached hydrogens (tertiary/aromatic N) is 4. The van der Waals surface area contributed by atoms with Gasteiger partial charge in [-0.3, -0.25) is 15.0 Å². The van der Waals surface area contributed by atoms with Crippen LogP contribution >= 0.6 is 11.3 Å². The zero-order valence-electron chi connectivity index (χ0n) is 18.6. The number of rotatable bonds is 6. The molecule has 1 aliphatic rings. The summed E-state index contributed by atoms with van der Waals surface area (Å²) in [4.78, 5) is 45.2. The standard InChI is InChI=1S/C24H22N6O3S/c1-3-24(15-9-6-5-7-10-15)22(32)30(23(33)27-24)28-21(31)16-13-18(19-11-8-12-34-19)26-20-17(16)14-25-29(20)4-2/h5-14H,3-4H2,1-2H3,(H,27,33)(H,28,31). The maximum Gasteiger partial charge on any atom is 0.344 e. The summed E-state index contributed by atoms with van der Waals surface area (Å²) in [6.07, 6.45) is 1.91. The van der Waals surface area contributed by atoms with Gasteiger partial charge in [0.25, 0.3) is 11.8 Å². The van der Waals surface area contributed by atoms with Crippen molar-refractivity contribution in [2.24, 2.45) is 0 Å². The molecule has 1 aromatic carbocycles. The summed E-state index contributed by atoms with van der Waals surface area (Å²) < 4.78 is 1.70. The van der Waals surface area contributed by atoms with Crippen molar-refractivity contribution in [3.63, 3.8) is 0 Å². The molecule has 34 heavy (non-hydrogen) atoms. The van der Waals surface area contributed by atoms with Gasteiger partial charge in [-0.25, -0.2) is 14.5 Å². The van der Waals surface area contributed by atoms with E-state index in [-0.39, 0.29) is 5.56 Å². The highest BCUT2D eigenvalue weighted by molar-refractivity contribution is 7.13. The highest BCUT2D eigenvalue weighted by atomic mass is 32.1. The molecule has 0 saturated carbocycles. The molecule has 1 unspecified atom stereocenters. The van der Waals surface area contributed by atoms with Crippen LogP contribution in [0.5, 0.6) is 0 Å². The summed E-state index contributed by atoms with van der Waals surface area (Å²) in [6.45, 7) is 4.33. The van der Waals surface area contributed by atoms with E-state index in [1.54, 1.807) is 41.2 Å². The molecule has 3 aromatic heterocycles. The van der Waals surface area contributed by atoms with Gasteiger partial charge >= 0.3 is 6.03 Å². The number of carbonyl (C=O) groups excluding carboxylic acids is 3. The Bertz CT molecular complexity index is 1400. The second-order valence-corrected chi connectivity index (χ2v) is 8.81. The van der Waals surface area contributed by atoms with Crippen molar-refractivity contribution in [3.05, 3.63) is 71.2 Å². The minimum absolute atomic E-state index is 0.280. The molecule has 1 saturated heterocycles. The van der Waals surface area contributed by atoms with Gasteiger partial charge in [-0.05, 0) is 36.4 Å². The molecule has 1 aliphatic heterocycles. The van der Waals surface area contributed by atoms with Gasteiger partial charge in [0.15, 0.2) is 5.65 Å². The first-order valence-corrected chi connectivity index (χ1v) is 11.8. The Hall–Kier alpha value is -4.05. The molecule has 0 bridgehead atoms. The van der Waals surface area contributed by atoms with Gasteiger partial charge in [-0.15, -0.1) is 11.3 Å². The fraction of sp³-hybridized carbons (Fsp3) is 0.208. The lowest BCUT2D eigenvalue weighted by Crippen LogP contribution is -2.48. The molecule has 1 atom stereocenters. The molecule has 4 amide bonds. The molecule has 1 fully saturated rings. The topological polar surface area (TPSA) is 109 Å². The summed E-state index contributed by atoms with van der Waals surface area (Å²) in [7, 11) is 0. The lowest BCUT2D eigenvalue weighted by molar-refractivity contribution is -0.133. The Morgan fingerprint density at radius 1 is 1.15 bits per heavy atom. The number of fused-ring (bicyclic) bond motifs is 1. The summed E-state index contributed by atoms with van der Waals surface area (Å²) in [6, 6.07) is 13.8. The smallest absolute Gasteiger partial charge is 0.318 e. The van der Waals surface area contributed by atoms with Crippen molar-refractivity contribution in [2.75, 3.05) is 0 Å². The van der Waals surface area contributed by atoms with Crippen LogP contribution in [0.25, 0.3) is 21.6 Å². The van der Waals surface area contributed by atoms with Gasteiger partial charge in [0.05, 0.1) is 27.7 Å². The van der Waals surface area contributed by atoms with Crippen molar-refractivity contribution in [3.8, 4) is 10.6 Å². The minimum Gasteiger partial charge on any atom is -0.318 e. The van der Waals surface area contributed by atoms with E-state index in [0.717, 1.165) is 9.89 Å². The average Bonchev–Trinajstić information content (AvgIpc) is 3.59. The molecule has 4 aromatic rings. The number of imide groups is 1. The van der Waals surface area contributed by atoms with Crippen LogP contribution in [0.15, 0.2) is 60.1 Å². The number of hydrogen-bond acceptors (Lipinski definition) is 6. The minimum atomic E-state index is -1.24. The number of thiophene rings is 1. The van der Waals surface area contributed by atoms with Crippen molar-refractivity contribution in [2.45, 2.75) is 32.4 Å². The van der Waals surface area contributed by atoms with E-state index in [1.807, 2.05) is 37.4 Å². The Kier molecular flexibility index (Phi) is 5.37. The number of hydrazine groups is 1. The summed E-state index contributed by atoms with van der Waals surface area (Å²) >= 11 is 1.50. The number of amides is 4. The van der Waals surface area contributed by atoms with Crippen LogP contribution in [0.2, 0.25) is 0 Å².